The monoisotopic (exact) mass is 208 g/mol. The van der Waals surface area contributed by atoms with Crippen molar-refractivity contribution in [3.8, 4) is 6.07 Å². The normalized spacial score (nSPS) is 20.1. The van der Waals surface area contributed by atoms with E-state index in [0.717, 1.165) is 0 Å². The summed E-state index contributed by atoms with van der Waals surface area (Å²) < 4.78 is 5.24. The lowest BCUT2D eigenvalue weighted by Crippen LogP contribution is -2.40. The molecule has 1 aliphatic heterocycles. The fourth-order valence-corrected chi connectivity index (χ4v) is 1.37. The van der Waals surface area contributed by atoms with E-state index in [0.29, 0.717) is 13.0 Å². The molecule has 0 aromatic carbocycles. The van der Waals surface area contributed by atoms with Crippen LogP contribution in [0.1, 0.15) is 27.2 Å². The van der Waals surface area contributed by atoms with Gasteiger partial charge in [0.05, 0.1) is 18.5 Å². The number of ether oxygens (including phenoxy) is 1. The molecule has 0 aromatic heterocycles. The first-order chi connectivity index (χ1) is 6.94. The van der Waals surface area contributed by atoms with Crippen LogP contribution in [0.25, 0.3) is 0 Å². The minimum Gasteiger partial charge on any atom is -0.444 e. The van der Waals surface area contributed by atoms with Crippen LogP contribution in [0.2, 0.25) is 0 Å². The van der Waals surface area contributed by atoms with Gasteiger partial charge in [-0.1, -0.05) is 12.2 Å². The fraction of sp³-hybridized carbons (Fsp3) is 0.636. The summed E-state index contributed by atoms with van der Waals surface area (Å²) >= 11 is 0. The van der Waals surface area contributed by atoms with E-state index in [9.17, 15) is 4.79 Å². The fourth-order valence-electron chi connectivity index (χ4n) is 1.37. The zero-order valence-electron chi connectivity index (χ0n) is 9.36. The second-order valence-electron chi connectivity index (χ2n) is 4.49. The molecule has 0 N–H and O–H groups in total. The molecule has 4 heteroatoms. The van der Waals surface area contributed by atoms with Gasteiger partial charge in [-0.15, -0.1) is 0 Å². The van der Waals surface area contributed by atoms with Crippen molar-refractivity contribution < 1.29 is 9.53 Å². The Hall–Kier alpha value is -1.50. The number of hydrogen-bond donors (Lipinski definition) is 0. The summed E-state index contributed by atoms with van der Waals surface area (Å²) in [6.07, 6.45) is 3.71. The minimum atomic E-state index is -0.489. The molecule has 15 heavy (non-hydrogen) atoms. The van der Waals surface area contributed by atoms with E-state index in [-0.39, 0.29) is 12.1 Å². The molecule has 0 saturated carbocycles. The Morgan fingerprint density at radius 1 is 1.67 bits per heavy atom. The number of amides is 1. The van der Waals surface area contributed by atoms with Gasteiger partial charge >= 0.3 is 6.09 Å². The predicted octanol–water partition coefficient (Wildman–Crippen LogP) is 2.08. The molecule has 1 amide bonds. The predicted molar refractivity (Wildman–Crippen MR) is 56.1 cm³/mol. The summed E-state index contributed by atoms with van der Waals surface area (Å²) in [5.41, 5.74) is -0.489. The molecule has 0 unspecified atom stereocenters. The van der Waals surface area contributed by atoms with E-state index in [4.69, 9.17) is 10.00 Å². The summed E-state index contributed by atoms with van der Waals surface area (Å²) in [7, 11) is 0. The van der Waals surface area contributed by atoms with Crippen molar-refractivity contribution in [2.75, 3.05) is 6.54 Å². The second-order valence-corrected chi connectivity index (χ2v) is 4.49. The number of hydrogen-bond acceptors (Lipinski definition) is 3. The van der Waals surface area contributed by atoms with Crippen LogP contribution >= 0.6 is 0 Å². The van der Waals surface area contributed by atoms with Crippen molar-refractivity contribution in [3.05, 3.63) is 12.2 Å². The molecule has 4 nitrogen and oxygen atoms in total. The Bertz CT molecular complexity index is 310. The smallest absolute Gasteiger partial charge is 0.411 e. The molecule has 1 atom stereocenters. The number of carbonyl (C=O) groups excluding carboxylic acids is 1. The maximum absolute atomic E-state index is 11.7. The van der Waals surface area contributed by atoms with E-state index in [1.54, 1.807) is 4.90 Å². The first-order valence-electron chi connectivity index (χ1n) is 4.97. The van der Waals surface area contributed by atoms with Gasteiger partial charge in [0.1, 0.15) is 5.60 Å². The van der Waals surface area contributed by atoms with E-state index in [2.05, 4.69) is 6.07 Å². The molecule has 0 fully saturated rings. The number of nitriles is 1. The Labute approximate surface area is 90.1 Å². The van der Waals surface area contributed by atoms with Crippen molar-refractivity contribution in [2.45, 2.75) is 38.8 Å². The van der Waals surface area contributed by atoms with Gasteiger partial charge in [-0.25, -0.2) is 4.79 Å². The Kier molecular flexibility index (Phi) is 3.35. The standard InChI is InChI=1S/C11H16N2O2/c1-11(2,3)15-10(14)13-8-4-5-9(13)6-7-12/h4-5,9H,6,8H2,1-3H3/t9-/m1/s1. The van der Waals surface area contributed by atoms with Crippen molar-refractivity contribution >= 4 is 6.09 Å². The minimum absolute atomic E-state index is 0.134. The van der Waals surface area contributed by atoms with Crippen molar-refractivity contribution in [1.29, 1.82) is 5.26 Å². The SMILES string of the molecule is CC(C)(C)OC(=O)N1CC=C[C@@H]1CC#N. The van der Waals surface area contributed by atoms with E-state index < -0.39 is 5.60 Å². The third-order valence-corrected chi connectivity index (χ3v) is 1.99. The molecule has 1 heterocycles. The lowest BCUT2D eigenvalue weighted by atomic mass is 10.2. The first kappa shape index (κ1) is 11.6. The average molecular weight is 208 g/mol. The van der Waals surface area contributed by atoms with Crippen LogP contribution in [0.4, 0.5) is 4.79 Å². The van der Waals surface area contributed by atoms with Crippen LogP contribution in [0, 0.1) is 11.3 Å². The van der Waals surface area contributed by atoms with Crippen LogP contribution < -0.4 is 0 Å². The van der Waals surface area contributed by atoms with Crippen molar-refractivity contribution in [3.63, 3.8) is 0 Å². The molecule has 0 aromatic rings. The summed E-state index contributed by atoms with van der Waals surface area (Å²) in [4.78, 5) is 13.3. The molecule has 0 spiro atoms. The zero-order chi connectivity index (χ0) is 11.5. The number of rotatable bonds is 1. The van der Waals surface area contributed by atoms with Gasteiger partial charge in [0.2, 0.25) is 0 Å². The molecule has 82 valence electrons. The lowest BCUT2D eigenvalue weighted by Gasteiger charge is -2.27. The van der Waals surface area contributed by atoms with Crippen molar-refractivity contribution in [1.82, 2.24) is 4.90 Å². The Morgan fingerprint density at radius 3 is 2.87 bits per heavy atom. The largest absolute Gasteiger partial charge is 0.444 e. The number of nitrogens with zero attached hydrogens (tertiary/aromatic N) is 2. The molecule has 0 bridgehead atoms. The Balaban J connectivity index is 2.58. The van der Waals surface area contributed by atoms with Gasteiger partial charge in [0.15, 0.2) is 0 Å². The molecule has 1 aliphatic rings. The summed E-state index contributed by atoms with van der Waals surface area (Å²) in [5.74, 6) is 0. The second kappa shape index (κ2) is 4.35. The summed E-state index contributed by atoms with van der Waals surface area (Å²) in [5, 5.41) is 8.60. The van der Waals surface area contributed by atoms with Crippen LogP contribution in [-0.2, 0) is 4.74 Å². The topological polar surface area (TPSA) is 53.3 Å². The highest BCUT2D eigenvalue weighted by molar-refractivity contribution is 5.69. The molecule has 1 rings (SSSR count). The lowest BCUT2D eigenvalue weighted by molar-refractivity contribution is 0.0245. The third kappa shape index (κ3) is 3.28. The highest BCUT2D eigenvalue weighted by Crippen LogP contribution is 2.17. The highest BCUT2D eigenvalue weighted by Gasteiger charge is 2.28. The molecule has 0 radical (unpaired) electrons. The van der Waals surface area contributed by atoms with Gasteiger partial charge in [-0.05, 0) is 20.8 Å². The quantitative estimate of drug-likeness (QED) is 0.620. The first-order valence-corrected chi connectivity index (χ1v) is 4.97. The summed E-state index contributed by atoms with van der Waals surface area (Å²) in [6, 6.07) is 1.92. The van der Waals surface area contributed by atoms with Gasteiger partial charge in [-0.2, -0.15) is 5.26 Å². The molecule has 0 aliphatic carbocycles. The Morgan fingerprint density at radius 2 is 2.33 bits per heavy atom. The van der Waals surface area contributed by atoms with Gasteiger partial charge in [0, 0.05) is 6.54 Å². The van der Waals surface area contributed by atoms with Crippen LogP contribution in [0.3, 0.4) is 0 Å². The average Bonchev–Trinajstić information content (AvgIpc) is 2.49. The van der Waals surface area contributed by atoms with Crippen molar-refractivity contribution in [2.24, 2.45) is 0 Å². The molecular formula is C11H16N2O2. The zero-order valence-corrected chi connectivity index (χ0v) is 9.36. The van der Waals surface area contributed by atoms with Crippen LogP contribution in [0.5, 0.6) is 0 Å². The van der Waals surface area contributed by atoms with E-state index in [1.807, 2.05) is 32.9 Å². The third-order valence-electron chi connectivity index (χ3n) is 1.99. The maximum atomic E-state index is 11.7. The van der Waals surface area contributed by atoms with Crippen LogP contribution in [-0.4, -0.2) is 29.2 Å². The number of carbonyl (C=O) groups is 1. The van der Waals surface area contributed by atoms with Crippen LogP contribution in [0.15, 0.2) is 12.2 Å². The van der Waals surface area contributed by atoms with E-state index >= 15 is 0 Å². The van der Waals surface area contributed by atoms with E-state index in [1.165, 1.54) is 0 Å². The van der Waals surface area contributed by atoms with Gasteiger partial charge in [0.25, 0.3) is 0 Å². The molecular weight excluding hydrogens is 192 g/mol. The molecule has 0 saturated heterocycles. The van der Waals surface area contributed by atoms with Gasteiger partial charge in [-0.3, -0.25) is 4.90 Å². The highest BCUT2D eigenvalue weighted by atomic mass is 16.6. The maximum Gasteiger partial charge on any atom is 0.411 e. The van der Waals surface area contributed by atoms with Gasteiger partial charge < -0.3 is 4.74 Å². The summed E-state index contributed by atoms with van der Waals surface area (Å²) in [6.45, 7) is 6.01.